The molecule has 0 saturated heterocycles. The summed E-state index contributed by atoms with van der Waals surface area (Å²) in [5.74, 6) is 0.570. The molecule has 2 aromatic rings. The minimum atomic E-state index is -0.0473. The molecule has 1 aliphatic carbocycles. The second kappa shape index (κ2) is 6.12. The first-order valence-corrected chi connectivity index (χ1v) is 7.56. The molecular weight excluding hydrogens is 264 g/mol. The maximum absolute atomic E-state index is 12.1. The molecule has 0 unspecified atom stereocenters. The number of nitrogens with zero attached hydrogens (tertiary/aromatic N) is 1. The van der Waals surface area contributed by atoms with Gasteiger partial charge in [0, 0.05) is 19.0 Å². The van der Waals surface area contributed by atoms with E-state index >= 15 is 0 Å². The summed E-state index contributed by atoms with van der Waals surface area (Å²) >= 11 is 0. The monoisotopic (exact) mass is 284 g/mol. The van der Waals surface area contributed by atoms with E-state index in [1.54, 1.807) is 25.1 Å². The third-order valence-corrected chi connectivity index (χ3v) is 3.87. The van der Waals surface area contributed by atoms with Crippen molar-refractivity contribution in [2.75, 3.05) is 6.54 Å². The summed E-state index contributed by atoms with van der Waals surface area (Å²) in [6.07, 6.45) is 8.22. The molecule has 1 aromatic heterocycles. The number of benzene rings is 1. The van der Waals surface area contributed by atoms with E-state index in [1.165, 1.54) is 31.3 Å². The molecule has 1 N–H and O–H groups in total. The van der Waals surface area contributed by atoms with Gasteiger partial charge in [0.1, 0.15) is 5.52 Å². The van der Waals surface area contributed by atoms with Gasteiger partial charge in [0.2, 0.25) is 0 Å². The number of amides is 1. The van der Waals surface area contributed by atoms with Gasteiger partial charge in [-0.2, -0.15) is 0 Å². The average molecular weight is 284 g/mol. The molecule has 3 rings (SSSR count). The number of nitrogens with one attached hydrogen (secondary N) is 1. The highest BCUT2D eigenvalue weighted by Crippen LogP contribution is 2.20. The Bertz CT molecular complexity index is 685. The van der Waals surface area contributed by atoms with Crippen LogP contribution in [0.2, 0.25) is 0 Å². The van der Waals surface area contributed by atoms with Gasteiger partial charge in [-0.05, 0) is 50.3 Å². The van der Waals surface area contributed by atoms with Crippen LogP contribution in [0.4, 0.5) is 0 Å². The van der Waals surface area contributed by atoms with Crippen molar-refractivity contribution in [2.24, 2.45) is 0 Å². The van der Waals surface area contributed by atoms with Crippen LogP contribution in [-0.2, 0) is 0 Å². The molecule has 0 spiro atoms. The van der Waals surface area contributed by atoms with Crippen LogP contribution in [0.5, 0.6) is 0 Å². The first-order chi connectivity index (χ1) is 10.2. The number of hydrogen-bond acceptors (Lipinski definition) is 3. The third-order valence-electron chi connectivity index (χ3n) is 3.87. The first kappa shape index (κ1) is 13.9. The maximum Gasteiger partial charge on any atom is 0.251 e. The summed E-state index contributed by atoms with van der Waals surface area (Å²) in [6, 6.07) is 5.36. The summed E-state index contributed by atoms with van der Waals surface area (Å²) in [5, 5.41) is 2.98. The first-order valence-electron chi connectivity index (χ1n) is 7.56. The van der Waals surface area contributed by atoms with Crippen LogP contribution in [0.3, 0.4) is 0 Å². The summed E-state index contributed by atoms with van der Waals surface area (Å²) < 4.78 is 5.41. The van der Waals surface area contributed by atoms with Crippen LogP contribution in [0.25, 0.3) is 11.1 Å². The van der Waals surface area contributed by atoms with Gasteiger partial charge in [0.25, 0.3) is 5.91 Å². The zero-order valence-electron chi connectivity index (χ0n) is 12.3. The molecule has 0 saturated carbocycles. The Morgan fingerprint density at radius 3 is 3.10 bits per heavy atom. The summed E-state index contributed by atoms with van der Waals surface area (Å²) in [4.78, 5) is 16.4. The fraction of sp³-hybridized carbons (Fsp3) is 0.412. The van der Waals surface area contributed by atoms with Crippen molar-refractivity contribution in [2.45, 2.75) is 39.0 Å². The van der Waals surface area contributed by atoms with E-state index in [1.807, 2.05) is 0 Å². The molecule has 0 atom stereocenters. The molecule has 4 heteroatoms. The van der Waals surface area contributed by atoms with Crippen molar-refractivity contribution in [1.29, 1.82) is 0 Å². The number of carbonyl (C=O) groups is 1. The fourth-order valence-corrected chi connectivity index (χ4v) is 2.75. The highest BCUT2D eigenvalue weighted by Gasteiger charge is 2.10. The zero-order chi connectivity index (χ0) is 14.7. The van der Waals surface area contributed by atoms with E-state index in [4.69, 9.17) is 4.42 Å². The van der Waals surface area contributed by atoms with Crippen molar-refractivity contribution < 1.29 is 9.21 Å². The minimum Gasteiger partial charge on any atom is -0.441 e. The Labute approximate surface area is 124 Å². The smallest absolute Gasteiger partial charge is 0.251 e. The largest absolute Gasteiger partial charge is 0.441 e. The van der Waals surface area contributed by atoms with Crippen molar-refractivity contribution >= 4 is 17.0 Å². The average Bonchev–Trinajstić information content (AvgIpc) is 2.87. The molecular formula is C17H20N2O2. The van der Waals surface area contributed by atoms with Gasteiger partial charge in [-0.15, -0.1) is 0 Å². The SMILES string of the molecule is Cc1nc2cc(C(=O)NCCC3=CCCCC3)ccc2o1. The van der Waals surface area contributed by atoms with E-state index in [0.717, 1.165) is 17.5 Å². The van der Waals surface area contributed by atoms with Gasteiger partial charge in [-0.25, -0.2) is 4.98 Å². The quantitative estimate of drug-likeness (QED) is 0.870. The molecule has 1 aromatic carbocycles. The standard InChI is InChI=1S/C17H20N2O2/c1-12-19-15-11-14(7-8-16(15)21-12)17(20)18-10-9-13-5-3-2-4-6-13/h5,7-8,11H,2-4,6,9-10H2,1H3,(H,18,20). The Hall–Kier alpha value is -2.10. The lowest BCUT2D eigenvalue weighted by Crippen LogP contribution is -2.24. The van der Waals surface area contributed by atoms with Crippen molar-refractivity contribution in [3.63, 3.8) is 0 Å². The van der Waals surface area contributed by atoms with E-state index in [0.29, 0.717) is 18.0 Å². The number of aromatic nitrogens is 1. The lowest BCUT2D eigenvalue weighted by atomic mass is 9.97. The van der Waals surface area contributed by atoms with Gasteiger partial charge in [-0.1, -0.05) is 11.6 Å². The van der Waals surface area contributed by atoms with Gasteiger partial charge in [0.15, 0.2) is 11.5 Å². The van der Waals surface area contributed by atoms with Crippen molar-refractivity contribution in [3.05, 3.63) is 41.3 Å². The van der Waals surface area contributed by atoms with Gasteiger partial charge >= 0.3 is 0 Å². The second-order valence-electron chi connectivity index (χ2n) is 5.53. The van der Waals surface area contributed by atoms with E-state index in [-0.39, 0.29) is 5.91 Å². The second-order valence-corrected chi connectivity index (χ2v) is 5.53. The molecule has 0 fully saturated rings. The molecule has 21 heavy (non-hydrogen) atoms. The number of allylic oxidation sites excluding steroid dienone is 1. The number of fused-ring (bicyclic) bond motifs is 1. The van der Waals surface area contributed by atoms with E-state index < -0.39 is 0 Å². The van der Waals surface area contributed by atoms with Crippen LogP contribution in [0.15, 0.2) is 34.3 Å². The van der Waals surface area contributed by atoms with Crippen LogP contribution in [0, 0.1) is 6.92 Å². The topological polar surface area (TPSA) is 55.1 Å². The highest BCUT2D eigenvalue weighted by molar-refractivity contribution is 5.97. The minimum absolute atomic E-state index is 0.0473. The third kappa shape index (κ3) is 3.32. The van der Waals surface area contributed by atoms with Crippen LogP contribution in [-0.4, -0.2) is 17.4 Å². The Morgan fingerprint density at radius 1 is 1.38 bits per heavy atom. The zero-order valence-corrected chi connectivity index (χ0v) is 12.3. The maximum atomic E-state index is 12.1. The van der Waals surface area contributed by atoms with E-state index in [9.17, 15) is 4.79 Å². The van der Waals surface area contributed by atoms with E-state index in [2.05, 4.69) is 16.4 Å². The molecule has 1 amide bonds. The Balaban J connectivity index is 1.59. The summed E-state index contributed by atoms with van der Waals surface area (Å²) in [7, 11) is 0. The predicted molar refractivity (Wildman–Crippen MR) is 82.2 cm³/mol. The molecule has 0 aliphatic heterocycles. The highest BCUT2D eigenvalue weighted by atomic mass is 16.3. The molecule has 4 nitrogen and oxygen atoms in total. The van der Waals surface area contributed by atoms with Crippen molar-refractivity contribution in [3.8, 4) is 0 Å². The Morgan fingerprint density at radius 2 is 2.29 bits per heavy atom. The van der Waals surface area contributed by atoms with Gasteiger partial charge in [0.05, 0.1) is 0 Å². The molecule has 0 bridgehead atoms. The summed E-state index contributed by atoms with van der Waals surface area (Å²) in [6.45, 7) is 2.50. The number of oxazole rings is 1. The lowest BCUT2D eigenvalue weighted by Gasteiger charge is -2.12. The van der Waals surface area contributed by atoms with Crippen LogP contribution >= 0.6 is 0 Å². The molecule has 1 heterocycles. The fourth-order valence-electron chi connectivity index (χ4n) is 2.75. The van der Waals surface area contributed by atoms with Gasteiger partial charge < -0.3 is 9.73 Å². The predicted octanol–water partition coefficient (Wildman–Crippen LogP) is 3.76. The number of aryl methyl sites for hydroxylation is 1. The van der Waals surface area contributed by atoms with Gasteiger partial charge in [-0.3, -0.25) is 4.79 Å². The Kier molecular flexibility index (Phi) is 4.04. The molecule has 1 aliphatic rings. The summed E-state index contributed by atoms with van der Waals surface area (Å²) in [5.41, 5.74) is 3.56. The number of hydrogen-bond donors (Lipinski definition) is 1. The van der Waals surface area contributed by atoms with Crippen molar-refractivity contribution in [1.82, 2.24) is 10.3 Å². The number of rotatable bonds is 4. The molecule has 0 radical (unpaired) electrons. The normalized spacial score (nSPS) is 15.0. The van der Waals surface area contributed by atoms with Crippen LogP contribution < -0.4 is 5.32 Å². The lowest BCUT2D eigenvalue weighted by molar-refractivity contribution is 0.0954. The molecule has 110 valence electrons. The number of carbonyl (C=O) groups excluding carboxylic acids is 1. The van der Waals surface area contributed by atoms with Crippen LogP contribution in [0.1, 0.15) is 48.4 Å².